The van der Waals surface area contributed by atoms with E-state index in [1.54, 1.807) is 6.07 Å². The van der Waals surface area contributed by atoms with Crippen molar-refractivity contribution in [2.24, 2.45) is 0 Å². The van der Waals surface area contributed by atoms with Crippen molar-refractivity contribution < 1.29 is 30.0 Å². The smallest absolute Gasteiger partial charge is 0.280 e. The predicted octanol–water partition coefficient (Wildman–Crippen LogP) is 3.37. The van der Waals surface area contributed by atoms with Crippen LogP contribution in [0, 0.1) is 0 Å². The van der Waals surface area contributed by atoms with E-state index in [0.717, 1.165) is 24.5 Å². The van der Waals surface area contributed by atoms with Crippen LogP contribution in [0.15, 0.2) is 70.6 Å². The van der Waals surface area contributed by atoms with Gasteiger partial charge in [-0.3, -0.25) is 4.72 Å². The Labute approximate surface area is 170 Å². The number of alkyl halides is 3. The summed E-state index contributed by atoms with van der Waals surface area (Å²) in [5.74, 6) is 0. The summed E-state index contributed by atoms with van der Waals surface area (Å²) in [5, 5.41) is 7.23. The Kier molecular flexibility index (Phi) is 5.56. The fraction of sp³-hybridized carbons (Fsp3) is 0.111. The number of sulfone groups is 1. The van der Waals surface area contributed by atoms with Crippen LogP contribution in [0.3, 0.4) is 0 Å². The van der Waals surface area contributed by atoms with Crippen molar-refractivity contribution >= 4 is 25.5 Å². The Balaban J connectivity index is 1.90. The second-order valence-corrected chi connectivity index (χ2v) is 9.89. The van der Waals surface area contributed by atoms with Crippen LogP contribution in [0.5, 0.6) is 0 Å². The Morgan fingerprint density at radius 2 is 1.57 bits per heavy atom. The molecule has 0 aliphatic rings. The zero-order valence-electron chi connectivity index (χ0n) is 15.3. The minimum atomic E-state index is -4.68. The van der Waals surface area contributed by atoms with Crippen LogP contribution in [-0.2, 0) is 26.0 Å². The van der Waals surface area contributed by atoms with E-state index < -0.39 is 36.5 Å². The van der Waals surface area contributed by atoms with Crippen LogP contribution in [0.25, 0.3) is 11.3 Å². The molecule has 12 heteroatoms. The second kappa shape index (κ2) is 7.69. The molecule has 1 heterocycles. The molecule has 0 unspecified atom stereocenters. The van der Waals surface area contributed by atoms with Crippen LogP contribution in [0.2, 0.25) is 0 Å². The molecule has 0 fully saturated rings. The Bertz CT molecular complexity index is 1290. The number of nitrogens with zero attached hydrogens (tertiary/aromatic N) is 2. The first-order valence-corrected chi connectivity index (χ1v) is 11.6. The van der Waals surface area contributed by atoms with E-state index in [1.165, 1.54) is 30.3 Å². The molecule has 3 aromatic rings. The lowest BCUT2D eigenvalue weighted by Gasteiger charge is -2.12. The van der Waals surface area contributed by atoms with Crippen LogP contribution >= 0.6 is 0 Å². The highest BCUT2D eigenvalue weighted by Crippen LogP contribution is 2.31. The molecule has 0 saturated heterocycles. The Morgan fingerprint density at radius 3 is 2.17 bits per heavy atom. The summed E-state index contributed by atoms with van der Waals surface area (Å²) in [5.41, 5.74) is -0.298. The maximum atomic E-state index is 12.9. The van der Waals surface area contributed by atoms with Gasteiger partial charge in [0.1, 0.15) is 0 Å². The quantitative estimate of drug-likeness (QED) is 0.630. The van der Waals surface area contributed by atoms with E-state index in [4.69, 9.17) is 0 Å². The highest BCUT2D eigenvalue weighted by atomic mass is 32.2. The van der Waals surface area contributed by atoms with E-state index in [2.05, 4.69) is 14.9 Å². The standard InChI is InChI=1S/C18H14F3N3O4S2/c1-29(25,26)17-9-8-16(22-23-17)12-4-2-6-14(10-12)24-30(27,28)15-7-3-5-13(11-15)18(19,20)21/h2-11,24H,1H3. The van der Waals surface area contributed by atoms with Crippen molar-refractivity contribution in [3.05, 3.63) is 66.2 Å². The molecule has 0 aliphatic carbocycles. The van der Waals surface area contributed by atoms with Crippen molar-refractivity contribution in [1.82, 2.24) is 10.2 Å². The summed E-state index contributed by atoms with van der Waals surface area (Å²) < 4.78 is 88.7. The van der Waals surface area contributed by atoms with E-state index in [9.17, 15) is 30.0 Å². The average Bonchev–Trinajstić information content (AvgIpc) is 2.67. The molecule has 0 atom stereocenters. The number of hydrogen-bond donors (Lipinski definition) is 1. The van der Waals surface area contributed by atoms with Gasteiger partial charge in [-0.1, -0.05) is 18.2 Å². The summed E-state index contributed by atoms with van der Waals surface area (Å²) in [4.78, 5) is -0.542. The monoisotopic (exact) mass is 457 g/mol. The average molecular weight is 457 g/mol. The topological polar surface area (TPSA) is 106 Å². The van der Waals surface area contributed by atoms with Gasteiger partial charge in [-0.05, 0) is 42.5 Å². The summed E-state index contributed by atoms with van der Waals surface area (Å²) in [7, 11) is -7.81. The third kappa shape index (κ3) is 4.94. The Morgan fingerprint density at radius 1 is 0.867 bits per heavy atom. The number of hydrogen-bond acceptors (Lipinski definition) is 6. The SMILES string of the molecule is CS(=O)(=O)c1ccc(-c2cccc(NS(=O)(=O)c3cccc(C(F)(F)F)c3)c2)nn1. The highest BCUT2D eigenvalue weighted by molar-refractivity contribution is 7.92. The Hall–Kier alpha value is -2.99. The lowest BCUT2D eigenvalue weighted by Crippen LogP contribution is -2.14. The van der Waals surface area contributed by atoms with Crippen molar-refractivity contribution in [2.45, 2.75) is 16.1 Å². The van der Waals surface area contributed by atoms with Crippen molar-refractivity contribution in [1.29, 1.82) is 0 Å². The predicted molar refractivity (Wildman–Crippen MR) is 103 cm³/mol. The van der Waals surface area contributed by atoms with Gasteiger partial charge < -0.3 is 0 Å². The number of halogens is 3. The molecule has 1 N–H and O–H groups in total. The number of nitrogens with one attached hydrogen (secondary N) is 1. The number of rotatable bonds is 5. The minimum absolute atomic E-state index is 0.0823. The van der Waals surface area contributed by atoms with Gasteiger partial charge >= 0.3 is 6.18 Å². The molecule has 2 aromatic carbocycles. The van der Waals surface area contributed by atoms with E-state index in [0.29, 0.717) is 11.6 Å². The molecule has 0 spiro atoms. The van der Waals surface area contributed by atoms with Crippen molar-refractivity contribution in [2.75, 3.05) is 11.0 Å². The summed E-state index contributed by atoms with van der Waals surface area (Å²) in [6, 6.07) is 11.9. The van der Waals surface area contributed by atoms with Gasteiger partial charge in [0.25, 0.3) is 10.0 Å². The van der Waals surface area contributed by atoms with Crippen LogP contribution < -0.4 is 4.72 Å². The number of sulfonamides is 1. The highest BCUT2D eigenvalue weighted by Gasteiger charge is 2.31. The molecule has 0 radical (unpaired) electrons. The second-order valence-electron chi connectivity index (χ2n) is 6.24. The maximum Gasteiger partial charge on any atom is 0.416 e. The van der Waals surface area contributed by atoms with Gasteiger partial charge in [-0.25, -0.2) is 16.8 Å². The van der Waals surface area contributed by atoms with Crippen LogP contribution in [0.4, 0.5) is 18.9 Å². The minimum Gasteiger partial charge on any atom is -0.280 e. The van der Waals surface area contributed by atoms with Gasteiger partial charge in [-0.15, -0.1) is 10.2 Å². The molecule has 0 aliphatic heterocycles. The normalized spacial score (nSPS) is 12.5. The van der Waals surface area contributed by atoms with Crippen LogP contribution in [0.1, 0.15) is 5.56 Å². The van der Waals surface area contributed by atoms with E-state index in [1.807, 2.05) is 0 Å². The molecular formula is C18H14F3N3O4S2. The zero-order chi connectivity index (χ0) is 22.2. The molecule has 1 aromatic heterocycles. The first-order valence-electron chi connectivity index (χ1n) is 8.20. The molecule has 0 amide bonds. The summed E-state index contributed by atoms with van der Waals surface area (Å²) in [6.45, 7) is 0. The number of benzene rings is 2. The van der Waals surface area contributed by atoms with E-state index in [-0.39, 0.29) is 16.4 Å². The lowest BCUT2D eigenvalue weighted by atomic mass is 10.1. The molecule has 7 nitrogen and oxygen atoms in total. The van der Waals surface area contributed by atoms with E-state index >= 15 is 0 Å². The molecule has 0 saturated carbocycles. The van der Waals surface area contributed by atoms with Crippen LogP contribution in [-0.4, -0.2) is 33.3 Å². The largest absolute Gasteiger partial charge is 0.416 e. The third-order valence-corrected chi connectivity index (χ3v) is 6.26. The first kappa shape index (κ1) is 21.7. The number of anilines is 1. The van der Waals surface area contributed by atoms with Gasteiger partial charge in [-0.2, -0.15) is 13.2 Å². The third-order valence-electron chi connectivity index (χ3n) is 3.90. The number of aromatic nitrogens is 2. The van der Waals surface area contributed by atoms with Gasteiger partial charge in [0.05, 0.1) is 16.2 Å². The summed E-state index contributed by atoms with van der Waals surface area (Å²) in [6.07, 6.45) is -3.69. The van der Waals surface area contributed by atoms with Crippen molar-refractivity contribution in [3.8, 4) is 11.3 Å². The maximum absolute atomic E-state index is 12.9. The van der Waals surface area contributed by atoms with Crippen molar-refractivity contribution in [3.63, 3.8) is 0 Å². The fourth-order valence-corrected chi connectivity index (χ4v) is 4.07. The van der Waals surface area contributed by atoms with Gasteiger partial charge in [0.2, 0.25) is 0 Å². The molecule has 0 bridgehead atoms. The molecular weight excluding hydrogens is 443 g/mol. The lowest BCUT2D eigenvalue weighted by molar-refractivity contribution is -0.137. The molecule has 30 heavy (non-hydrogen) atoms. The molecule has 158 valence electrons. The zero-order valence-corrected chi connectivity index (χ0v) is 16.9. The fourth-order valence-electron chi connectivity index (χ4n) is 2.47. The van der Waals surface area contributed by atoms with Gasteiger partial charge in [0, 0.05) is 17.5 Å². The summed E-state index contributed by atoms with van der Waals surface area (Å²) >= 11 is 0. The first-order chi connectivity index (χ1) is 13.9. The molecule has 3 rings (SSSR count). The van der Waals surface area contributed by atoms with Gasteiger partial charge in [0.15, 0.2) is 14.9 Å².